The third kappa shape index (κ3) is 6.22. The van der Waals surface area contributed by atoms with Gasteiger partial charge in [-0.15, -0.1) is 0 Å². The van der Waals surface area contributed by atoms with E-state index in [4.69, 9.17) is 36.5 Å². The second-order valence-electron chi connectivity index (χ2n) is 7.53. The number of furan rings is 1. The molecule has 7 nitrogen and oxygen atoms in total. The maximum absolute atomic E-state index is 12.8. The van der Waals surface area contributed by atoms with Crippen molar-refractivity contribution in [3.05, 3.63) is 76.2 Å². The number of ether oxygens (including phenoxy) is 1. The van der Waals surface area contributed by atoms with Crippen molar-refractivity contribution in [2.45, 2.75) is 31.8 Å². The van der Waals surface area contributed by atoms with Crippen LogP contribution in [0.4, 0.5) is 0 Å². The lowest BCUT2D eigenvalue weighted by molar-refractivity contribution is -0.136. The summed E-state index contributed by atoms with van der Waals surface area (Å²) in [5.74, 6) is 0.527. The maximum atomic E-state index is 12.8. The summed E-state index contributed by atoms with van der Waals surface area (Å²) in [6.45, 7) is 4.10. The molecule has 0 saturated carbocycles. The highest BCUT2D eigenvalue weighted by molar-refractivity contribution is 7.87. The van der Waals surface area contributed by atoms with E-state index in [1.54, 1.807) is 35.4 Å². The Labute approximate surface area is 202 Å². The number of hydrogen-bond donors (Lipinski definition) is 0. The van der Waals surface area contributed by atoms with Crippen molar-refractivity contribution < 1.29 is 26.5 Å². The molecule has 0 fully saturated rings. The van der Waals surface area contributed by atoms with Crippen LogP contribution < -0.4 is 8.92 Å². The molecule has 10 heteroatoms. The molecule has 1 amide bonds. The molecular formula is C23H23Cl2NO6S. The van der Waals surface area contributed by atoms with Crippen LogP contribution >= 0.6 is 23.2 Å². The van der Waals surface area contributed by atoms with Crippen LogP contribution in [0.15, 0.2) is 64.1 Å². The van der Waals surface area contributed by atoms with Gasteiger partial charge in [-0.3, -0.25) is 4.79 Å². The molecule has 3 aromatic rings. The van der Waals surface area contributed by atoms with Crippen LogP contribution in [0, 0.1) is 5.92 Å². The Morgan fingerprint density at radius 2 is 1.79 bits per heavy atom. The third-order valence-electron chi connectivity index (χ3n) is 4.71. The van der Waals surface area contributed by atoms with E-state index < -0.39 is 10.1 Å². The number of halogens is 2. The predicted molar refractivity (Wildman–Crippen MR) is 125 cm³/mol. The van der Waals surface area contributed by atoms with Crippen LogP contribution in [-0.2, 0) is 28.0 Å². The van der Waals surface area contributed by atoms with Gasteiger partial charge in [-0.1, -0.05) is 43.1 Å². The van der Waals surface area contributed by atoms with Crippen molar-refractivity contribution in [1.29, 1.82) is 0 Å². The molecule has 0 unspecified atom stereocenters. The van der Waals surface area contributed by atoms with E-state index in [-0.39, 0.29) is 51.4 Å². The molecule has 0 bridgehead atoms. The van der Waals surface area contributed by atoms with Crippen molar-refractivity contribution in [3.63, 3.8) is 0 Å². The summed E-state index contributed by atoms with van der Waals surface area (Å²) in [6.07, 6.45) is 1.54. The fraction of sp³-hybridized carbons (Fsp3) is 0.261. The average molecular weight is 512 g/mol. The Hall–Kier alpha value is -2.68. The van der Waals surface area contributed by atoms with E-state index in [1.807, 2.05) is 13.8 Å². The molecule has 1 heterocycles. The van der Waals surface area contributed by atoms with E-state index in [0.29, 0.717) is 11.3 Å². The smallest absolute Gasteiger partial charge is 0.339 e. The van der Waals surface area contributed by atoms with Crippen molar-refractivity contribution in [3.8, 4) is 11.5 Å². The lowest BCUT2D eigenvalue weighted by atomic mass is 10.1. The largest absolute Gasteiger partial charge is 0.493 e. The molecule has 0 N–H and O–H groups in total. The molecule has 0 atom stereocenters. The highest BCUT2D eigenvalue weighted by Crippen LogP contribution is 2.33. The summed E-state index contributed by atoms with van der Waals surface area (Å²) in [4.78, 5) is 14.2. The van der Waals surface area contributed by atoms with Crippen LogP contribution in [0.2, 0.25) is 10.0 Å². The van der Waals surface area contributed by atoms with Crippen LogP contribution in [0.5, 0.6) is 11.5 Å². The third-order valence-corrected chi connectivity index (χ3v) is 6.68. The van der Waals surface area contributed by atoms with Gasteiger partial charge in [-0.2, -0.15) is 8.42 Å². The number of rotatable bonds is 9. The molecule has 0 radical (unpaired) electrons. The quantitative estimate of drug-likeness (QED) is 0.350. The Balaban J connectivity index is 1.90. The van der Waals surface area contributed by atoms with Gasteiger partial charge in [0.15, 0.2) is 11.5 Å². The highest BCUT2D eigenvalue weighted by Gasteiger charge is 2.23. The minimum absolute atomic E-state index is 0.0176. The van der Waals surface area contributed by atoms with Crippen molar-refractivity contribution in [2.75, 3.05) is 7.11 Å². The van der Waals surface area contributed by atoms with Crippen LogP contribution in [0.3, 0.4) is 0 Å². The van der Waals surface area contributed by atoms with Gasteiger partial charge in [-0.05, 0) is 48.0 Å². The number of amides is 1. The molecule has 1 aromatic heterocycles. The van der Waals surface area contributed by atoms with Crippen LogP contribution in [0.1, 0.15) is 25.2 Å². The van der Waals surface area contributed by atoms with Crippen LogP contribution in [-0.4, -0.2) is 26.3 Å². The van der Waals surface area contributed by atoms with Gasteiger partial charge in [0.1, 0.15) is 10.7 Å². The molecule has 176 valence electrons. The van der Waals surface area contributed by atoms with E-state index in [1.165, 1.54) is 31.4 Å². The Morgan fingerprint density at radius 3 is 2.39 bits per heavy atom. The van der Waals surface area contributed by atoms with Gasteiger partial charge >= 0.3 is 10.1 Å². The van der Waals surface area contributed by atoms with Crippen LogP contribution in [0.25, 0.3) is 0 Å². The minimum atomic E-state index is -4.22. The Kier molecular flexibility index (Phi) is 7.94. The minimum Gasteiger partial charge on any atom is -0.493 e. The topological polar surface area (TPSA) is 86.0 Å². The first-order valence-corrected chi connectivity index (χ1v) is 12.1. The van der Waals surface area contributed by atoms with Gasteiger partial charge in [-0.25, -0.2) is 0 Å². The van der Waals surface area contributed by atoms with Crippen molar-refractivity contribution in [1.82, 2.24) is 4.90 Å². The number of nitrogens with zero attached hydrogens (tertiary/aromatic N) is 1. The molecule has 0 saturated heterocycles. The summed E-state index contributed by atoms with van der Waals surface area (Å²) >= 11 is 11.8. The lowest BCUT2D eigenvalue weighted by Gasteiger charge is -2.24. The molecule has 0 spiro atoms. The molecule has 0 aliphatic carbocycles. The number of benzene rings is 2. The second kappa shape index (κ2) is 10.5. The van der Waals surface area contributed by atoms with E-state index in [0.717, 1.165) is 0 Å². The number of hydrogen-bond acceptors (Lipinski definition) is 6. The molecule has 3 rings (SSSR count). The summed E-state index contributed by atoms with van der Waals surface area (Å²) in [7, 11) is -2.82. The monoisotopic (exact) mass is 511 g/mol. The fourth-order valence-electron chi connectivity index (χ4n) is 3.07. The number of methoxy groups -OCH3 is 1. The number of carbonyl (C=O) groups is 1. The van der Waals surface area contributed by atoms with Gasteiger partial charge in [0.05, 0.1) is 30.0 Å². The Bertz CT molecular complexity index is 1230. The van der Waals surface area contributed by atoms with E-state index in [2.05, 4.69) is 0 Å². The molecule has 2 aromatic carbocycles. The summed E-state index contributed by atoms with van der Waals surface area (Å²) in [5, 5.41) is 0.310. The predicted octanol–water partition coefficient (Wildman–Crippen LogP) is 5.55. The first kappa shape index (κ1) is 25.0. The van der Waals surface area contributed by atoms with Crippen molar-refractivity contribution in [2.24, 2.45) is 5.92 Å². The first-order valence-electron chi connectivity index (χ1n) is 9.98. The number of carbonyl (C=O) groups excluding carboxylic acids is 1. The van der Waals surface area contributed by atoms with Gasteiger partial charge < -0.3 is 18.2 Å². The molecule has 0 aliphatic heterocycles. The SMILES string of the molecule is COc1ccc(CN(Cc2ccco2)C(=O)C(C)C)cc1OS(=O)(=O)c1ccc(Cl)c(Cl)c1. The standard InChI is InChI=1S/C23H23Cl2NO6S/c1-15(2)23(27)26(14-17-5-4-10-31-17)13-16-6-9-21(30-3)22(11-16)32-33(28,29)18-7-8-19(24)20(25)12-18/h4-12,15H,13-14H2,1-3H3. The molecule has 0 aliphatic rings. The highest BCUT2D eigenvalue weighted by atomic mass is 35.5. The fourth-order valence-corrected chi connectivity index (χ4v) is 4.39. The van der Waals surface area contributed by atoms with E-state index >= 15 is 0 Å². The van der Waals surface area contributed by atoms with Gasteiger partial charge in [0, 0.05) is 12.5 Å². The normalized spacial score (nSPS) is 11.5. The second-order valence-corrected chi connectivity index (χ2v) is 9.89. The molecular weight excluding hydrogens is 489 g/mol. The van der Waals surface area contributed by atoms with Gasteiger partial charge in [0.2, 0.25) is 5.91 Å². The van der Waals surface area contributed by atoms with Gasteiger partial charge in [0.25, 0.3) is 0 Å². The zero-order chi connectivity index (χ0) is 24.2. The Morgan fingerprint density at radius 1 is 1.03 bits per heavy atom. The summed E-state index contributed by atoms with van der Waals surface area (Å²) < 4.78 is 41.7. The maximum Gasteiger partial charge on any atom is 0.339 e. The molecule has 33 heavy (non-hydrogen) atoms. The zero-order valence-corrected chi connectivity index (χ0v) is 20.6. The first-order chi connectivity index (χ1) is 15.6. The van der Waals surface area contributed by atoms with E-state index in [9.17, 15) is 13.2 Å². The summed E-state index contributed by atoms with van der Waals surface area (Å²) in [6, 6.07) is 12.3. The van der Waals surface area contributed by atoms with Crippen molar-refractivity contribution >= 4 is 39.2 Å². The zero-order valence-electron chi connectivity index (χ0n) is 18.2. The average Bonchev–Trinajstić information content (AvgIpc) is 3.27. The lowest BCUT2D eigenvalue weighted by Crippen LogP contribution is -2.33. The summed E-state index contributed by atoms with van der Waals surface area (Å²) in [5.41, 5.74) is 0.649.